The van der Waals surface area contributed by atoms with Crippen LogP contribution in [0.15, 0.2) is 22.7 Å². The normalized spacial score (nSPS) is 8.92. The van der Waals surface area contributed by atoms with Crippen LogP contribution >= 0.6 is 15.9 Å². The third-order valence-corrected chi connectivity index (χ3v) is 1.66. The van der Waals surface area contributed by atoms with Crippen LogP contribution in [0.1, 0.15) is 5.56 Å². The second-order valence-electron chi connectivity index (χ2n) is 2.16. The molecule has 0 heterocycles. The molecule has 1 aromatic rings. The van der Waals surface area contributed by atoms with Crippen LogP contribution in [-0.2, 0) is 0 Å². The predicted octanol–water partition coefficient (Wildman–Crippen LogP) is 1.90. The number of halogens is 2. The molecule has 1 aromatic carbocycles. The topological polar surface area (TPSA) is 26.0 Å². The van der Waals surface area contributed by atoms with Gasteiger partial charge in [0.15, 0.2) is 0 Å². The van der Waals surface area contributed by atoms with Gasteiger partial charge in [-0.05, 0) is 18.2 Å². The molecular formula is C9H7BrFN. The Bertz CT molecular complexity index is 318. The number of nitrogens with two attached hydrogens (primary N) is 1. The van der Waals surface area contributed by atoms with Crippen molar-refractivity contribution in [1.82, 2.24) is 0 Å². The minimum Gasteiger partial charge on any atom is -0.320 e. The van der Waals surface area contributed by atoms with Crippen LogP contribution in [0.2, 0.25) is 0 Å². The summed E-state index contributed by atoms with van der Waals surface area (Å²) in [7, 11) is 0. The average Bonchev–Trinajstić information content (AvgIpc) is 1.99. The van der Waals surface area contributed by atoms with Crippen molar-refractivity contribution in [3.05, 3.63) is 34.1 Å². The van der Waals surface area contributed by atoms with E-state index in [-0.39, 0.29) is 12.4 Å². The Morgan fingerprint density at radius 3 is 2.75 bits per heavy atom. The van der Waals surface area contributed by atoms with Gasteiger partial charge in [0.05, 0.1) is 6.54 Å². The lowest BCUT2D eigenvalue weighted by Crippen LogP contribution is -1.93. The van der Waals surface area contributed by atoms with Gasteiger partial charge in [0.2, 0.25) is 0 Å². The quantitative estimate of drug-likeness (QED) is 0.674. The summed E-state index contributed by atoms with van der Waals surface area (Å²) in [4.78, 5) is 0. The summed E-state index contributed by atoms with van der Waals surface area (Å²) in [6.07, 6.45) is 0. The summed E-state index contributed by atoms with van der Waals surface area (Å²) < 4.78 is 13.4. The third-order valence-electron chi connectivity index (χ3n) is 1.20. The Morgan fingerprint density at radius 2 is 2.17 bits per heavy atom. The highest BCUT2D eigenvalue weighted by Gasteiger charge is 1.94. The molecule has 0 unspecified atom stereocenters. The Balaban J connectivity index is 3.01. The second kappa shape index (κ2) is 4.24. The molecule has 62 valence electrons. The van der Waals surface area contributed by atoms with Gasteiger partial charge in [-0.3, -0.25) is 0 Å². The first-order chi connectivity index (χ1) is 5.72. The zero-order valence-corrected chi connectivity index (χ0v) is 7.86. The molecule has 1 nitrogen and oxygen atoms in total. The molecular weight excluding hydrogens is 221 g/mol. The van der Waals surface area contributed by atoms with Gasteiger partial charge in [0.1, 0.15) is 5.82 Å². The molecule has 0 bridgehead atoms. The highest BCUT2D eigenvalue weighted by Crippen LogP contribution is 2.13. The summed E-state index contributed by atoms with van der Waals surface area (Å²) in [6, 6.07) is 4.49. The lowest BCUT2D eigenvalue weighted by molar-refractivity contribution is 0.626. The van der Waals surface area contributed by atoms with Crippen LogP contribution in [0.5, 0.6) is 0 Å². The van der Waals surface area contributed by atoms with Gasteiger partial charge >= 0.3 is 0 Å². The van der Waals surface area contributed by atoms with E-state index >= 15 is 0 Å². The van der Waals surface area contributed by atoms with Crippen LogP contribution in [0.4, 0.5) is 4.39 Å². The molecule has 0 saturated heterocycles. The summed E-state index contributed by atoms with van der Waals surface area (Å²) in [6.45, 7) is 0.286. The average molecular weight is 228 g/mol. The fourth-order valence-electron chi connectivity index (χ4n) is 0.779. The number of hydrogen-bond donors (Lipinski definition) is 1. The fourth-order valence-corrected chi connectivity index (χ4v) is 1.24. The summed E-state index contributed by atoms with van der Waals surface area (Å²) in [5.41, 5.74) is 5.81. The number of hydrogen-bond acceptors (Lipinski definition) is 1. The van der Waals surface area contributed by atoms with Crippen molar-refractivity contribution in [2.45, 2.75) is 0 Å². The summed E-state index contributed by atoms with van der Waals surface area (Å²) >= 11 is 3.17. The standard InChI is InChI=1S/C9H7BrFN/c10-8-4-7(2-1-3-12)5-9(11)6-8/h4-6H,3,12H2. The molecule has 0 atom stereocenters. The van der Waals surface area contributed by atoms with Gasteiger partial charge < -0.3 is 5.73 Å². The predicted molar refractivity (Wildman–Crippen MR) is 50.0 cm³/mol. The minimum atomic E-state index is -0.300. The van der Waals surface area contributed by atoms with E-state index in [2.05, 4.69) is 27.8 Å². The first-order valence-corrected chi connectivity index (χ1v) is 4.16. The maximum Gasteiger partial charge on any atom is 0.125 e. The SMILES string of the molecule is NCC#Cc1cc(F)cc(Br)c1. The smallest absolute Gasteiger partial charge is 0.125 e. The van der Waals surface area contributed by atoms with E-state index in [0.717, 1.165) is 0 Å². The van der Waals surface area contributed by atoms with Gasteiger partial charge in [0.25, 0.3) is 0 Å². The molecule has 0 aliphatic heterocycles. The van der Waals surface area contributed by atoms with E-state index in [1.807, 2.05) is 0 Å². The third kappa shape index (κ3) is 2.65. The monoisotopic (exact) mass is 227 g/mol. The van der Waals surface area contributed by atoms with Gasteiger partial charge in [-0.25, -0.2) is 4.39 Å². The van der Waals surface area contributed by atoms with E-state index in [4.69, 9.17) is 5.73 Å². The lowest BCUT2D eigenvalue weighted by Gasteiger charge is -1.93. The van der Waals surface area contributed by atoms with Gasteiger partial charge in [-0.1, -0.05) is 27.8 Å². The van der Waals surface area contributed by atoms with Gasteiger partial charge in [0, 0.05) is 10.0 Å². The minimum absolute atomic E-state index is 0.286. The molecule has 12 heavy (non-hydrogen) atoms. The fraction of sp³-hybridized carbons (Fsp3) is 0.111. The highest BCUT2D eigenvalue weighted by molar-refractivity contribution is 9.10. The zero-order valence-electron chi connectivity index (χ0n) is 6.27. The Hall–Kier alpha value is -0.850. The van der Waals surface area contributed by atoms with Crippen molar-refractivity contribution in [3.63, 3.8) is 0 Å². The van der Waals surface area contributed by atoms with E-state index < -0.39 is 0 Å². The molecule has 1 rings (SSSR count). The van der Waals surface area contributed by atoms with Crippen molar-refractivity contribution < 1.29 is 4.39 Å². The van der Waals surface area contributed by atoms with Crippen molar-refractivity contribution in [2.24, 2.45) is 5.73 Å². The van der Waals surface area contributed by atoms with E-state index in [9.17, 15) is 4.39 Å². The van der Waals surface area contributed by atoms with E-state index in [1.54, 1.807) is 6.07 Å². The first kappa shape index (κ1) is 9.24. The maximum atomic E-state index is 12.7. The summed E-state index contributed by atoms with van der Waals surface area (Å²) in [5, 5.41) is 0. The van der Waals surface area contributed by atoms with E-state index in [1.165, 1.54) is 12.1 Å². The number of rotatable bonds is 0. The van der Waals surface area contributed by atoms with Gasteiger partial charge in [-0.2, -0.15) is 0 Å². The molecule has 2 N–H and O–H groups in total. The molecule has 0 radical (unpaired) electrons. The van der Waals surface area contributed by atoms with Crippen molar-refractivity contribution in [2.75, 3.05) is 6.54 Å². The van der Waals surface area contributed by atoms with Crippen LogP contribution in [0, 0.1) is 17.7 Å². The van der Waals surface area contributed by atoms with Crippen LogP contribution in [0.3, 0.4) is 0 Å². The molecule has 0 spiro atoms. The molecule has 0 aliphatic rings. The largest absolute Gasteiger partial charge is 0.320 e. The molecule has 0 amide bonds. The molecule has 3 heteroatoms. The van der Waals surface area contributed by atoms with Crippen LogP contribution < -0.4 is 5.73 Å². The summed E-state index contributed by atoms with van der Waals surface area (Å²) in [5.74, 6) is 5.09. The van der Waals surface area contributed by atoms with Crippen molar-refractivity contribution in [3.8, 4) is 11.8 Å². The zero-order chi connectivity index (χ0) is 8.97. The molecule has 0 aliphatic carbocycles. The molecule has 0 fully saturated rings. The van der Waals surface area contributed by atoms with Crippen LogP contribution in [-0.4, -0.2) is 6.54 Å². The first-order valence-electron chi connectivity index (χ1n) is 3.37. The molecule has 0 saturated carbocycles. The molecule has 0 aromatic heterocycles. The van der Waals surface area contributed by atoms with E-state index in [0.29, 0.717) is 10.0 Å². The van der Waals surface area contributed by atoms with Crippen molar-refractivity contribution >= 4 is 15.9 Å². The Labute approximate surface area is 78.9 Å². The lowest BCUT2D eigenvalue weighted by atomic mass is 10.2. The number of benzene rings is 1. The van der Waals surface area contributed by atoms with Crippen LogP contribution in [0.25, 0.3) is 0 Å². The Morgan fingerprint density at radius 1 is 1.42 bits per heavy atom. The highest BCUT2D eigenvalue weighted by atomic mass is 79.9. The second-order valence-corrected chi connectivity index (χ2v) is 3.08. The van der Waals surface area contributed by atoms with Gasteiger partial charge in [-0.15, -0.1) is 0 Å². The maximum absolute atomic E-state index is 12.7. The van der Waals surface area contributed by atoms with Crippen molar-refractivity contribution in [1.29, 1.82) is 0 Å². The Kier molecular flexibility index (Phi) is 3.27.